The minimum atomic E-state index is -4.30. The van der Waals surface area contributed by atoms with Crippen molar-refractivity contribution in [2.75, 3.05) is 5.32 Å². The molecule has 10 heteroatoms. The molecule has 0 bridgehead atoms. The summed E-state index contributed by atoms with van der Waals surface area (Å²) in [5, 5.41) is 21.3. The number of nitrogens with one attached hydrogen (secondary N) is 1. The van der Waals surface area contributed by atoms with Crippen LogP contribution in [0.4, 0.5) is 15.8 Å². The summed E-state index contributed by atoms with van der Waals surface area (Å²) in [7, 11) is -4.30. The van der Waals surface area contributed by atoms with Crippen molar-refractivity contribution in [3.8, 4) is 17.0 Å². The molecule has 0 fully saturated rings. The molecule has 1 heterocycles. The molecule has 0 radical (unpaired) electrons. The van der Waals surface area contributed by atoms with Gasteiger partial charge in [-0.3, -0.25) is 0 Å². The van der Waals surface area contributed by atoms with Crippen molar-refractivity contribution in [1.29, 1.82) is 0 Å². The molecule has 0 saturated carbocycles. The van der Waals surface area contributed by atoms with Crippen LogP contribution in [0.25, 0.3) is 11.1 Å². The smallest absolute Gasteiger partial charge is 0.259 e. The van der Waals surface area contributed by atoms with Gasteiger partial charge in [0.2, 0.25) is 10.0 Å². The summed E-state index contributed by atoms with van der Waals surface area (Å²) < 4.78 is 43.3. The first-order valence-corrected chi connectivity index (χ1v) is 9.82. The maximum Gasteiger partial charge on any atom is 0.259 e. The molecule has 136 valence electrons. The minimum absolute atomic E-state index is 0.0977. The first kappa shape index (κ1) is 18.6. The number of rotatable bonds is 4. The highest BCUT2D eigenvalue weighted by Gasteiger charge is 2.22. The second-order valence-corrected chi connectivity index (χ2v) is 8.28. The average molecular weight is 489 g/mol. The first-order valence-electron chi connectivity index (χ1n) is 7.20. The predicted molar refractivity (Wildman–Crippen MR) is 102 cm³/mol. The Morgan fingerprint density at radius 2 is 1.96 bits per heavy atom. The Hall–Kier alpha value is -2.18. The topological polar surface area (TPSA) is 118 Å². The molecule has 1 aromatic heterocycles. The zero-order valence-electron chi connectivity index (χ0n) is 13.3. The number of aryl methyl sites for hydroxylation is 1. The SMILES string of the molecule is Cc1cc(I)ccc1Nc1cc(F)c(S(N)(=O)=O)cc1-c1conc1O. The van der Waals surface area contributed by atoms with Crippen LogP contribution in [0.1, 0.15) is 5.56 Å². The monoisotopic (exact) mass is 489 g/mol. The van der Waals surface area contributed by atoms with E-state index in [0.717, 1.165) is 27.5 Å². The van der Waals surface area contributed by atoms with Gasteiger partial charge in [0.25, 0.3) is 5.88 Å². The van der Waals surface area contributed by atoms with E-state index in [1.807, 2.05) is 19.1 Å². The quantitative estimate of drug-likeness (QED) is 0.483. The molecule has 7 nitrogen and oxygen atoms in total. The second kappa shape index (κ2) is 6.85. The van der Waals surface area contributed by atoms with Crippen LogP contribution < -0.4 is 10.5 Å². The van der Waals surface area contributed by atoms with Crippen molar-refractivity contribution < 1.29 is 22.4 Å². The zero-order chi connectivity index (χ0) is 19.1. The molecule has 0 aliphatic rings. The normalized spacial score (nSPS) is 11.5. The van der Waals surface area contributed by atoms with E-state index in [9.17, 15) is 17.9 Å². The van der Waals surface area contributed by atoms with E-state index in [1.165, 1.54) is 0 Å². The maximum absolute atomic E-state index is 14.3. The fourth-order valence-corrected chi connectivity index (χ4v) is 3.68. The van der Waals surface area contributed by atoms with Gasteiger partial charge in [-0.05, 0) is 70.6 Å². The lowest BCUT2D eigenvalue weighted by atomic mass is 10.1. The first-order chi connectivity index (χ1) is 12.2. The lowest BCUT2D eigenvalue weighted by molar-refractivity contribution is 0.359. The van der Waals surface area contributed by atoms with Crippen LogP contribution in [0.15, 0.2) is 46.0 Å². The second-order valence-electron chi connectivity index (χ2n) is 5.51. The summed E-state index contributed by atoms with van der Waals surface area (Å²) in [6, 6.07) is 7.62. The Labute approximate surface area is 162 Å². The van der Waals surface area contributed by atoms with Crippen LogP contribution in [-0.4, -0.2) is 18.7 Å². The van der Waals surface area contributed by atoms with Gasteiger partial charge in [-0.15, -0.1) is 0 Å². The summed E-state index contributed by atoms with van der Waals surface area (Å²) >= 11 is 2.17. The molecule has 0 amide bonds. The molecule has 4 N–H and O–H groups in total. The molecule has 3 rings (SSSR count). The van der Waals surface area contributed by atoms with Gasteiger partial charge in [-0.2, -0.15) is 0 Å². The highest BCUT2D eigenvalue weighted by atomic mass is 127. The third-order valence-corrected chi connectivity index (χ3v) is 5.27. The van der Waals surface area contributed by atoms with E-state index in [-0.39, 0.29) is 16.8 Å². The fourth-order valence-electron chi connectivity index (χ4n) is 2.42. The lowest BCUT2D eigenvalue weighted by Crippen LogP contribution is -2.14. The Kier molecular flexibility index (Phi) is 4.90. The summed E-state index contributed by atoms with van der Waals surface area (Å²) in [6.45, 7) is 1.87. The molecule has 0 saturated heterocycles. The van der Waals surface area contributed by atoms with Gasteiger partial charge in [0.15, 0.2) is 0 Å². The van der Waals surface area contributed by atoms with Gasteiger partial charge in [0.05, 0.1) is 5.56 Å². The van der Waals surface area contributed by atoms with E-state index in [1.54, 1.807) is 6.07 Å². The van der Waals surface area contributed by atoms with Gasteiger partial charge in [0, 0.05) is 20.5 Å². The number of benzene rings is 2. The van der Waals surface area contributed by atoms with Crippen molar-refractivity contribution in [2.24, 2.45) is 5.14 Å². The molecular formula is C16H13FIN3O4S. The van der Waals surface area contributed by atoms with Crippen molar-refractivity contribution >= 4 is 44.0 Å². The number of sulfonamides is 1. The highest BCUT2D eigenvalue weighted by Crippen LogP contribution is 2.38. The Balaban J connectivity index is 2.21. The molecule has 0 aliphatic heterocycles. The van der Waals surface area contributed by atoms with Crippen molar-refractivity contribution in [2.45, 2.75) is 11.8 Å². The number of anilines is 2. The van der Waals surface area contributed by atoms with E-state index in [4.69, 9.17) is 9.66 Å². The van der Waals surface area contributed by atoms with Crippen molar-refractivity contribution in [1.82, 2.24) is 5.16 Å². The largest absolute Gasteiger partial charge is 0.491 e. The summed E-state index contributed by atoms with van der Waals surface area (Å²) in [5.41, 5.74) is 2.07. The Bertz CT molecular complexity index is 1100. The van der Waals surface area contributed by atoms with E-state index < -0.39 is 26.6 Å². The molecule has 3 aromatic rings. The van der Waals surface area contributed by atoms with E-state index >= 15 is 0 Å². The van der Waals surface area contributed by atoms with Crippen molar-refractivity contribution in [3.63, 3.8) is 0 Å². The molecule has 0 atom stereocenters. The van der Waals surface area contributed by atoms with Crippen LogP contribution in [0.3, 0.4) is 0 Å². The molecule has 0 aliphatic carbocycles. The fraction of sp³-hybridized carbons (Fsp3) is 0.0625. The minimum Gasteiger partial charge on any atom is -0.491 e. The van der Waals surface area contributed by atoms with Gasteiger partial charge in [0.1, 0.15) is 17.0 Å². The van der Waals surface area contributed by atoms with Crippen LogP contribution in [0.2, 0.25) is 0 Å². The number of aromatic nitrogens is 1. The third kappa shape index (κ3) is 3.66. The van der Waals surface area contributed by atoms with Gasteiger partial charge >= 0.3 is 0 Å². The number of halogens is 2. The van der Waals surface area contributed by atoms with E-state index in [0.29, 0.717) is 5.69 Å². The molecule has 2 aromatic carbocycles. The number of nitrogens with zero attached hydrogens (tertiary/aromatic N) is 1. The van der Waals surface area contributed by atoms with Crippen LogP contribution in [-0.2, 0) is 10.0 Å². The maximum atomic E-state index is 14.3. The molecule has 0 spiro atoms. The Morgan fingerprint density at radius 1 is 1.23 bits per heavy atom. The number of hydrogen-bond acceptors (Lipinski definition) is 6. The van der Waals surface area contributed by atoms with Gasteiger partial charge in [-0.1, -0.05) is 0 Å². The summed E-state index contributed by atoms with van der Waals surface area (Å²) in [5.74, 6) is -1.47. The summed E-state index contributed by atoms with van der Waals surface area (Å²) in [6.07, 6.45) is 1.13. The molecule has 26 heavy (non-hydrogen) atoms. The van der Waals surface area contributed by atoms with Gasteiger partial charge < -0.3 is 14.9 Å². The number of hydrogen-bond donors (Lipinski definition) is 3. The Morgan fingerprint density at radius 3 is 2.54 bits per heavy atom. The van der Waals surface area contributed by atoms with Crippen molar-refractivity contribution in [3.05, 3.63) is 51.5 Å². The third-order valence-electron chi connectivity index (χ3n) is 3.68. The number of primary sulfonamides is 1. The standard InChI is InChI=1S/C16H13FIN3O4S/c1-8-4-9(18)2-3-13(8)20-14-6-12(17)15(26(19,23)24)5-10(14)11-7-25-21-16(11)22/h2-7,20H,1H3,(H,21,22)(H2,19,23,24). The average Bonchev–Trinajstić information content (AvgIpc) is 2.95. The van der Waals surface area contributed by atoms with Gasteiger partial charge in [-0.25, -0.2) is 17.9 Å². The van der Waals surface area contributed by atoms with Crippen LogP contribution in [0.5, 0.6) is 5.88 Å². The number of nitrogens with two attached hydrogens (primary N) is 1. The molecule has 0 unspecified atom stereocenters. The van der Waals surface area contributed by atoms with E-state index in [2.05, 4.69) is 33.1 Å². The molecular weight excluding hydrogens is 476 g/mol. The zero-order valence-corrected chi connectivity index (χ0v) is 16.3. The summed E-state index contributed by atoms with van der Waals surface area (Å²) in [4.78, 5) is -0.696. The van der Waals surface area contributed by atoms with Crippen LogP contribution >= 0.6 is 22.6 Å². The lowest BCUT2D eigenvalue weighted by Gasteiger charge is -2.15. The predicted octanol–water partition coefficient (Wildman–Crippen LogP) is 3.49. The number of aromatic hydroxyl groups is 1. The van der Waals surface area contributed by atoms with Crippen LogP contribution in [0, 0.1) is 16.3 Å². The highest BCUT2D eigenvalue weighted by molar-refractivity contribution is 14.1.